The van der Waals surface area contributed by atoms with Crippen LogP contribution in [-0.2, 0) is 6.42 Å². The predicted octanol–water partition coefficient (Wildman–Crippen LogP) is 4.72. The minimum Gasteiger partial charge on any atom is -0.507 e. The maximum absolute atomic E-state index is 12.5. The van der Waals surface area contributed by atoms with Crippen molar-refractivity contribution in [3.63, 3.8) is 0 Å². The molecule has 0 unspecified atom stereocenters. The van der Waals surface area contributed by atoms with Crippen LogP contribution in [0.1, 0.15) is 21.5 Å². The molecule has 3 rings (SSSR count). The molecule has 1 N–H and O–H groups in total. The smallest absolute Gasteiger partial charge is 0.193 e. The largest absolute Gasteiger partial charge is 0.507 e. The van der Waals surface area contributed by atoms with Gasteiger partial charge in [-0.2, -0.15) is 0 Å². The Kier molecular flexibility index (Phi) is 4.35. The van der Waals surface area contributed by atoms with Crippen molar-refractivity contribution < 1.29 is 14.6 Å². The van der Waals surface area contributed by atoms with Gasteiger partial charge in [0.1, 0.15) is 18.1 Å². The molecule has 0 heterocycles. The first kappa shape index (κ1) is 15.6. The number of ether oxygens (including phenoxy) is 1. The molecule has 0 saturated heterocycles. The summed E-state index contributed by atoms with van der Waals surface area (Å²) >= 11 is 3.36. The molecule has 0 fully saturated rings. The number of Topliss-reactive ketones (excluding diaryl/α,β-unsaturated/α-hetero) is 1. The second-order valence-corrected chi connectivity index (χ2v) is 6.17. The molecule has 0 radical (unpaired) electrons. The molecule has 4 heteroatoms. The Hall–Kier alpha value is -2.33. The Morgan fingerprint density at radius 3 is 2.70 bits per heavy atom. The molecule has 0 amide bonds. The third-order valence-corrected chi connectivity index (χ3v) is 4.26. The molecule has 1 aliphatic carbocycles. The van der Waals surface area contributed by atoms with E-state index in [0.717, 1.165) is 10.0 Å². The van der Waals surface area contributed by atoms with Gasteiger partial charge in [-0.05, 0) is 35.9 Å². The summed E-state index contributed by atoms with van der Waals surface area (Å²) in [4.78, 5) is 12.5. The van der Waals surface area contributed by atoms with Crippen molar-refractivity contribution in [2.75, 3.05) is 6.61 Å². The topological polar surface area (TPSA) is 46.5 Å². The molecular formula is C19H15BrO3. The summed E-state index contributed by atoms with van der Waals surface area (Å²) < 4.78 is 6.42. The van der Waals surface area contributed by atoms with E-state index in [4.69, 9.17) is 4.74 Å². The zero-order valence-electron chi connectivity index (χ0n) is 12.4. The number of rotatable bonds is 4. The fraction of sp³-hybridized carbons (Fsp3) is 0.105. The van der Waals surface area contributed by atoms with Crippen LogP contribution in [0.3, 0.4) is 0 Å². The van der Waals surface area contributed by atoms with E-state index in [1.807, 2.05) is 18.2 Å². The summed E-state index contributed by atoms with van der Waals surface area (Å²) in [6, 6.07) is 12.6. The quantitative estimate of drug-likeness (QED) is 0.481. The Labute approximate surface area is 143 Å². The van der Waals surface area contributed by atoms with Crippen LogP contribution in [0.25, 0.3) is 5.76 Å². The standard InChI is InChI=1S/C19H15BrO3/c1-2-9-23-15-7-8-16-13(10-15)11-17(19(16)22)18(21)12-3-5-14(20)6-4-12/h2-8,10,21H,1,9,11H2. The molecule has 0 aromatic heterocycles. The highest BCUT2D eigenvalue weighted by Crippen LogP contribution is 2.33. The summed E-state index contributed by atoms with van der Waals surface area (Å²) in [5.74, 6) is 0.601. The number of carbonyl (C=O) groups excluding carboxylic acids is 1. The monoisotopic (exact) mass is 370 g/mol. The minimum absolute atomic E-state index is 0.0345. The van der Waals surface area contributed by atoms with Crippen LogP contribution >= 0.6 is 15.9 Å². The van der Waals surface area contributed by atoms with Crippen LogP contribution in [0.4, 0.5) is 0 Å². The van der Waals surface area contributed by atoms with Crippen LogP contribution in [0.15, 0.2) is 65.2 Å². The second kappa shape index (κ2) is 6.42. The van der Waals surface area contributed by atoms with Crippen LogP contribution in [0, 0.1) is 0 Å². The van der Waals surface area contributed by atoms with Gasteiger partial charge >= 0.3 is 0 Å². The lowest BCUT2D eigenvalue weighted by Crippen LogP contribution is -2.00. The number of allylic oxidation sites excluding steroid dienone is 1. The number of aliphatic hydroxyl groups is 1. The molecule has 1 aliphatic rings. The molecular weight excluding hydrogens is 356 g/mol. The minimum atomic E-state index is -0.129. The first-order valence-electron chi connectivity index (χ1n) is 7.19. The van der Waals surface area contributed by atoms with E-state index < -0.39 is 0 Å². The summed E-state index contributed by atoms with van der Waals surface area (Å²) in [6.07, 6.45) is 2.07. The summed E-state index contributed by atoms with van der Waals surface area (Å²) in [5, 5.41) is 10.5. The number of hydrogen-bond donors (Lipinski definition) is 1. The van der Waals surface area contributed by atoms with Gasteiger partial charge in [-0.15, -0.1) is 0 Å². The van der Waals surface area contributed by atoms with Crippen LogP contribution in [-0.4, -0.2) is 17.5 Å². The van der Waals surface area contributed by atoms with Crippen LogP contribution in [0.2, 0.25) is 0 Å². The third kappa shape index (κ3) is 3.08. The normalized spacial score (nSPS) is 15.3. The zero-order chi connectivity index (χ0) is 16.4. The van der Waals surface area contributed by atoms with Gasteiger partial charge in [0.15, 0.2) is 5.78 Å². The lowest BCUT2D eigenvalue weighted by atomic mass is 10.1. The van der Waals surface area contributed by atoms with E-state index in [9.17, 15) is 9.90 Å². The Balaban J connectivity index is 1.94. The maximum atomic E-state index is 12.5. The van der Waals surface area contributed by atoms with E-state index >= 15 is 0 Å². The number of benzene rings is 2. The molecule has 0 atom stereocenters. The first-order chi connectivity index (χ1) is 11.1. The maximum Gasteiger partial charge on any atom is 0.193 e. The molecule has 0 bridgehead atoms. The Morgan fingerprint density at radius 1 is 1.26 bits per heavy atom. The van der Waals surface area contributed by atoms with E-state index in [1.165, 1.54) is 0 Å². The van der Waals surface area contributed by atoms with Gasteiger partial charge in [-0.1, -0.05) is 40.7 Å². The number of carbonyl (C=O) groups is 1. The van der Waals surface area contributed by atoms with Gasteiger partial charge in [-0.3, -0.25) is 4.79 Å². The molecule has 23 heavy (non-hydrogen) atoms. The Bertz CT molecular complexity index is 804. The lowest BCUT2D eigenvalue weighted by Gasteiger charge is -2.04. The fourth-order valence-electron chi connectivity index (χ4n) is 2.59. The van der Waals surface area contributed by atoms with E-state index in [0.29, 0.717) is 35.5 Å². The van der Waals surface area contributed by atoms with Gasteiger partial charge in [0.05, 0.1) is 0 Å². The Morgan fingerprint density at radius 2 is 2.00 bits per heavy atom. The van der Waals surface area contributed by atoms with Crippen molar-refractivity contribution in [3.05, 3.63) is 81.9 Å². The van der Waals surface area contributed by atoms with E-state index in [-0.39, 0.29) is 11.5 Å². The molecule has 2 aromatic rings. The average molecular weight is 371 g/mol. The number of aliphatic hydroxyl groups excluding tert-OH is 1. The van der Waals surface area contributed by atoms with Crippen LogP contribution < -0.4 is 4.74 Å². The first-order valence-corrected chi connectivity index (χ1v) is 7.99. The number of fused-ring (bicyclic) bond motifs is 1. The third-order valence-electron chi connectivity index (χ3n) is 3.73. The molecule has 0 spiro atoms. The van der Waals surface area contributed by atoms with Gasteiger partial charge in [-0.25, -0.2) is 0 Å². The highest BCUT2D eigenvalue weighted by molar-refractivity contribution is 9.10. The fourth-order valence-corrected chi connectivity index (χ4v) is 2.85. The number of ketones is 1. The van der Waals surface area contributed by atoms with Gasteiger partial charge < -0.3 is 9.84 Å². The van der Waals surface area contributed by atoms with Crippen molar-refractivity contribution in [1.82, 2.24) is 0 Å². The molecule has 2 aromatic carbocycles. The van der Waals surface area contributed by atoms with Crippen LogP contribution in [0.5, 0.6) is 5.75 Å². The highest BCUT2D eigenvalue weighted by Gasteiger charge is 2.28. The summed E-state index contributed by atoms with van der Waals surface area (Å²) in [6.45, 7) is 4.03. The highest BCUT2D eigenvalue weighted by atomic mass is 79.9. The number of halogens is 1. The summed E-state index contributed by atoms with van der Waals surface area (Å²) in [7, 11) is 0. The lowest BCUT2D eigenvalue weighted by molar-refractivity contribution is 0.103. The SMILES string of the molecule is C=CCOc1ccc2c(c1)CC(=C(O)c1ccc(Br)cc1)C2=O. The van der Waals surface area contributed by atoms with E-state index in [2.05, 4.69) is 22.5 Å². The van der Waals surface area contributed by atoms with Gasteiger partial charge in [0.25, 0.3) is 0 Å². The zero-order valence-corrected chi connectivity index (χ0v) is 14.0. The van der Waals surface area contributed by atoms with Crippen molar-refractivity contribution in [1.29, 1.82) is 0 Å². The van der Waals surface area contributed by atoms with Crippen molar-refractivity contribution in [3.8, 4) is 5.75 Å². The van der Waals surface area contributed by atoms with Crippen molar-refractivity contribution in [2.24, 2.45) is 0 Å². The van der Waals surface area contributed by atoms with Crippen molar-refractivity contribution >= 4 is 27.5 Å². The second-order valence-electron chi connectivity index (χ2n) is 5.26. The molecule has 0 aliphatic heterocycles. The molecule has 0 saturated carbocycles. The van der Waals surface area contributed by atoms with Crippen molar-refractivity contribution in [2.45, 2.75) is 6.42 Å². The number of hydrogen-bond acceptors (Lipinski definition) is 3. The average Bonchev–Trinajstić information content (AvgIpc) is 2.89. The molecule has 3 nitrogen and oxygen atoms in total. The van der Waals surface area contributed by atoms with Gasteiger partial charge in [0, 0.05) is 27.6 Å². The van der Waals surface area contributed by atoms with E-state index in [1.54, 1.807) is 30.3 Å². The summed E-state index contributed by atoms with van der Waals surface area (Å²) in [5.41, 5.74) is 2.54. The molecule has 116 valence electrons. The van der Waals surface area contributed by atoms with Gasteiger partial charge in [0.2, 0.25) is 0 Å². The predicted molar refractivity (Wildman–Crippen MR) is 93.9 cm³/mol.